The van der Waals surface area contributed by atoms with Crippen molar-refractivity contribution < 1.29 is 13.2 Å². The summed E-state index contributed by atoms with van der Waals surface area (Å²) in [5, 5.41) is 9.91. The van der Waals surface area contributed by atoms with E-state index in [0.29, 0.717) is 16.7 Å². The van der Waals surface area contributed by atoms with Crippen LogP contribution in [0.25, 0.3) is 0 Å². The smallest absolute Gasteiger partial charge is 0.183 e. The molecule has 3 atom stereocenters. The lowest BCUT2D eigenvalue weighted by molar-refractivity contribution is 0.117. The summed E-state index contributed by atoms with van der Waals surface area (Å²) in [5.41, 5.74) is -0.416. The van der Waals surface area contributed by atoms with Crippen molar-refractivity contribution >= 4 is 33.0 Å². The van der Waals surface area contributed by atoms with Gasteiger partial charge in [-0.05, 0) is 48.9 Å². The van der Waals surface area contributed by atoms with Gasteiger partial charge in [-0.1, -0.05) is 35.3 Å². The number of nitriles is 1. The van der Waals surface area contributed by atoms with Crippen LogP contribution in [0.3, 0.4) is 0 Å². The minimum absolute atomic E-state index is 0.0503. The van der Waals surface area contributed by atoms with E-state index in [0.717, 1.165) is 5.56 Å². The van der Waals surface area contributed by atoms with Crippen LogP contribution in [0.4, 0.5) is 0 Å². The molecule has 2 aromatic carbocycles. The second-order valence-electron chi connectivity index (χ2n) is 6.24. The molecule has 7 heteroatoms. The number of ether oxygens (including phenoxy) is 1. The first kappa shape index (κ1) is 19.2. The van der Waals surface area contributed by atoms with Crippen LogP contribution in [0.1, 0.15) is 18.4 Å². The zero-order valence-electron chi connectivity index (χ0n) is 14.0. The van der Waals surface area contributed by atoms with Gasteiger partial charge in [0.2, 0.25) is 0 Å². The van der Waals surface area contributed by atoms with Crippen molar-refractivity contribution in [3.63, 3.8) is 0 Å². The molecule has 1 saturated carbocycles. The summed E-state index contributed by atoms with van der Waals surface area (Å²) in [4.78, 5) is 0.146. The fraction of sp³-hybridized carbons (Fsp3) is 0.316. The van der Waals surface area contributed by atoms with E-state index < -0.39 is 26.4 Å². The van der Waals surface area contributed by atoms with Gasteiger partial charge >= 0.3 is 0 Å². The Hall–Kier alpha value is -1.58. The van der Waals surface area contributed by atoms with E-state index in [2.05, 4.69) is 6.07 Å². The van der Waals surface area contributed by atoms with Crippen molar-refractivity contribution in [2.45, 2.75) is 23.0 Å². The number of hydrogen-bond acceptors (Lipinski definition) is 4. The monoisotopic (exact) mass is 409 g/mol. The Morgan fingerprint density at radius 3 is 2.42 bits per heavy atom. The van der Waals surface area contributed by atoms with Crippen molar-refractivity contribution in [3.05, 3.63) is 64.1 Å². The highest BCUT2D eigenvalue weighted by Crippen LogP contribution is 2.64. The molecule has 26 heavy (non-hydrogen) atoms. The molecular formula is C19H17Cl2NO3S. The van der Waals surface area contributed by atoms with E-state index in [1.165, 1.54) is 24.3 Å². The Morgan fingerprint density at radius 2 is 1.85 bits per heavy atom. The van der Waals surface area contributed by atoms with Gasteiger partial charge in [0, 0.05) is 22.6 Å². The van der Waals surface area contributed by atoms with Crippen LogP contribution in [-0.2, 0) is 14.6 Å². The van der Waals surface area contributed by atoms with E-state index >= 15 is 0 Å². The minimum Gasteiger partial charge on any atom is -0.380 e. The van der Waals surface area contributed by atoms with Gasteiger partial charge in [0.25, 0.3) is 0 Å². The molecule has 2 aromatic rings. The fourth-order valence-corrected chi connectivity index (χ4v) is 6.05. The van der Waals surface area contributed by atoms with E-state index in [-0.39, 0.29) is 11.5 Å². The maximum atomic E-state index is 13.2. The van der Waals surface area contributed by atoms with Crippen LogP contribution < -0.4 is 0 Å². The standard InChI is InChI=1S/C19H17Cl2NO3S/c1-2-25-12-19(11-22)17(13-4-3-5-15(21)10-13)18(19)26(23,24)16-8-6-14(20)7-9-16/h3-10,17-18H,2,12H2,1H3/t17-,18+,19-/m1/s1. The number of benzene rings is 2. The van der Waals surface area contributed by atoms with Crippen molar-refractivity contribution in [3.8, 4) is 6.07 Å². The molecule has 0 spiro atoms. The van der Waals surface area contributed by atoms with Gasteiger partial charge in [-0.2, -0.15) is 5.26 Å². The molecule has 0 saturated heterocycles. The lowest BCUT2D eigenvalue weighted by Crippen LogP contribution is -2.19. The van der Waals surface area contributed by atoms with E-state index in [1.54, 1.807) is 24.3 Å². The van der Waals surface area contributed by atoms with E-state index in [9.17, 15) is 13.7 Å². The second-order valence-corrected chi connectivity index (χ2v) is 9.18. The summed E-state index contributed by atoms with van der Waals surface area (Å²) in [6.45, 7) is 2.26. The quantitative estimate of drug-likeness (QED) is 0.704. The summed E-state index contributed by atoms with van der Waals surface area (Å²) in [6, 6.07) is 15.2. The average molecular weight is 410 g/mol. The maximum absolute atomic E-state index is 13.2. The third-order valence-electron chi connectivity index (χ3n) is 4.69. The molecule has 0 aliphatic heterocycles. The third kappa shape index (κ3) is 3.23. The molecule has 1 aliphatic carbocycles. The van der Waals surface area contributed by atoms with Gasteiger partial charge in [-0.15, -0.1) is 0 Å². The van der Waals surface area contributed by atoms with Crippen molar-refractivity contribution in [2.75, 3.05) is 13.2 Å². The Kier molecular flexibility index (Phi) is 5.32. The van der Waals surface area contributed by atoms with Crippen LogP contribution in [-0.4, -0.2) is 26.9 Å². The van der Waals surface area contributed by atoms with Gasteiger partial charge in [-0.3, -0.25) is 0 Å². The van der Waals surface area contributed by atoms with Gasteiger partial charge in [0.1, 0.15) is 5.41 Å². The third-order valence-corrected chi connectivity index (χ3v) is 7.47. The summed E-state index contributed by atoms with van der Waals surface area (Å²) in [6.07, 6.45) is 0. The molecule has 0 bridgehead atoms. The normalized spacial score (nSPS) is 24.8. The molecule has 4 nitrogen and oxygen atoms in total. The fourth-order valence-electron chi connectivity index (χ4n) is 3.41. The SMILES string of the molecule is CCOC[C@]1(C#N)[C@H](c2cccc(Cl)c2)[C@@H]1S(=O)(=O)c1ccc(Cl)cc1. The maximum Gasteiger partial charge on any atom is 0.183 e. The summed E-state index contributed by atoms with van der Waals surface area (Å²) in [7, 11) is -3.75. The van der Waals surface area contributed by atoms with Gasteiger partial charge < -0.3 is 4.74 Å². The number of sulfone groups is 1. The van der Waals surface area contributed by atoms with Crippen LogP contribution in [0.5, 0.6) is 0 Å². The van der Waals surface area contributed by atoms with Crippen LogP contribution in [0.2, 0.25) is 10.0 Å². The molecular weight excluding hydrogens is 393 g/mol. The van der Waals surface area contributed by atoms with Gasteiger partial charge in [0.15, 0.2) is 9.84 Å². The predicted molar refractivity (Wildman–Crippen MR) is 101 cm³/mol. The number of hydrogen-bond donors (Lipinski definition) is 0. The molecule has 1 fully saturated rings. The van der Waals surface area contributed by atoms with Crippen LogP contribution in [0, 0.1) is 16.7 Å². The second kappa shape index (κ2) is 7.21. The highest BCUT2D eigenvalue weighted by atomic mass is 35.5. The van der Waals surface area contributed by atoms with Crippen molar-refractivity contribution in [1.29, 1.82) is 5.26 Å². The highest BCUT2D eigenvalue weighted by Gasteiger charge is 2.72. The Bertz CT molecular complexity index is 953. The van der Waals surface area contributed by atoms with Crippen molar-refractivity contribution in [2.24, 2.45) is 5.41 Å². The zero-order chi connectivity index (χ0) is 18.9. The zero-order valence-corrected chi connectivity index (χ0v) is 16.4. The summed E-state index contributed by atoms with van der Waals surface area (Å²) < 4.78 is 31.9. The predicted octanol–water partition coefficient (Wildman–Crippen LogP) is 4.48. The van der Waals surface area contributed by atoms with E-state index in [4.69, 9.17) is 27.9 Å². The van der Waals surface area contributed by atoms with Crippen LogP contribution >= 0.6 is 23.2 Å². The Morgan fingerprint density at radius 1 is 1.15 bits per heavy atom. The van der Waals surface area contributed by atoms with Crippen molar-refractivity contribution in [1.82, 2.24) is 0 Å². The first-order valence-corrected chi connectivity index (χ1v) is 10.4. The Balaban J connectivity index is 2.07. The number of rotatable bonds is 6. The molecule has 0 heterocycles. The lowest BCUT2D eigenvalue weighted by Gasteiger charge is -2.10. The molecule has 0 amide bonds. The lowest BCUT2D eigenvalue weighted by atomic mass is 10.0. The summed E-state index contributed by atoms with van der Waals surface area (Å²) in [5.74, 6) is -0.501. The molecule has 3 rings (SSSR count). The number of halogens is 2. The number of nitrogens with zero attached hydrogens (tertiary/aromatic N) is 1. The van der Waals surface area contributed by atoms with E-state index in [1.807, 2.05) is 6.92 Å². The molecule has 0 aromatic heterocycles. The van der Waals surface area contributed by atoms with Gasteiger partial charge in [0.05, 0.1) is 22.8 Å². The molecule has 136 valence electrons. The molecule has 0 unspecified atom stereocenters. The Labute approximate surface area is 163 Å². The van der Waals surface area contributed by atoms with Crippen LogP contribution in [0.15, 0.2) is 53.4 Å². The first-order valence-electron chi connectivity index (χ1n) is 8.10. The average Bonchev–Trinajstić information content (AvgIpc) is 3.31. The first-order chi connectivity index (χ1) is 12.4. The topological polar surface area (TPSA) is 67.2 Å². The molecule has 1 aliphatic rings. The molecule has 0 radical (unpaired) electrons. The largest absolute Gasteiger partial charge is 0.380 e. The minimum atomic E-state index is -3.75. The van der Waals surface area contributed by atoms with Gasteiger partial charge in [-0.25, -0.2) is 8.42 Å². The highest BCUT2D eigenvalue weighted by molar-refractivity contribution is 7.92. The molecule has 0 N–H and O–H groups in total. The summed E-state index contributed by atoms with van der Waals surface area (Å²) >= 11 is 11.9.